The first-order valence-electron chi connectivity index (χ1n) is 5.29. The van der Waals surface area contributed by atoms with Crippen LogP contribution in [-0.4, -0.2) is 19.1 Å². The molecule has 0 bridgehead atoms. The third-order valence-corrected chi connectivity index (χ3v) is 2.78. The summed E-state index contributed by atoms with van der Waals surface area (Å²) in [6.07, 6.45) is 0. The minimum Gasteiger partial charge on any atom is -0.497 e. The maximum absolute atomic E-state index is 5.27. The summed E-state index contributed by atoms with van der Waals surface area (Å²) >= 11 is 0. The van der Waals surface area contributed by atoms with Crippen LogP contribution < -0.4 is 10.1 Å². The van der Waals surface area contributed by atoms with Gasteiger partial charge >= 0.3 is 0 Å². The van der Waals surface area contributed by atoms with Crippen molar-refractivity contribution in [3.05, 3.63) is 29.3 Å². The van der Waals surface area contributed by atoms with E-state index in [2.05, 4.69) is 24.1 Å². The molecule has 0 aliphatic heterocycles. The zero-order valence-corrected chi connectivity index (χ0v) is 10.1. The van der Waals surface area contributed by atoms with Crippen molar-refractivity contribution in [1.29, 1.82) is 0 Å². The van der Waals surface area contributed by atoms with Gasteiger partial charge in [-0.15, -0.1) is 0 Å². The van der Waals surface area contributed by atoms with Crippen molar-refractivity contribution in [2.75, 3.05) is 19.5 Å². The summed E-state index contributed by atoms with van der Waals surface area (Å²) in [5.41, 5.74) is 3.37. The number of pyridine rings is 1. The molecule has 0 aliphatic rings. The highest BCUT2D eigenvalue weighted by atomic mass is 16.5. The van der Waals surface area contributed by atoms with Crippen molar-refractivity contribution in [3.8, 4) is 5.75 Å². The quantitative estimate of drug-likeness (QED) is 0.838. The van der Waals surface area contributed by atoms with E-state index in [1.54, 1.807) is 7.11 Å². The van der Waals surface area contributed by atoms with E-state index in [1.165, 1.54) is 5.56 Å². The Morgan fingerprint density at radius 3 is 2.50 bits per heavy atom. The van der Waals surface area contributed by atoms with Crippen LogP contribution in [0.1, 0.15) is 11.1 Å². The van der Waals surface area contributed by atoms with Crippen LogP contribution in [0.25, 0.3) is 10.9 Å². The number of ether oxygens (including phenoxy) is 1. The molecule has 0 aliphatic carbocycles. The largest absolute Gasteiger partial charge is 0.497 e. The van der Waals surface area contributed by atoms with Gasteiger partial charge in [-0.2, -0.15) is 0 Å². The number of fused-ring (bicyclic) bond motifs is 1. The highest BCUT2D eigenvalue weighted by molar-refractivity contribution is 5.87. The van der Waals surface area contributed by atoms with Gasteiger partial charge in [0.15, 0.2) is 0 Å². The molecular weight excluding hydrogens is 200 g/mol. The van der Waals surface area contributed by atoms with Gasteiger partial charge in [0.05, 0.1) is 12.6 Å². The summed E-state index contributed by atoms with van der Waals surface area (Å²) in [6, 6.07) is 6.08. The van der Waals surface area contributed by atoms with Gasteiger partial charge in [-0.25, -0.2) is 4.98 Å². The fraction of sp³-hybridized carbons (Fsp3) is 0.308. The molecule has 0 saturated heterocycles. The molecule has 0 radical (unpaired) electrons. The lowest BCUT2D eigenvalue weighted by Gasteiger charge is -2.10. The molecule has 1 N–H and O–H groups in total. The molecule has 1 aromatic carbocycles. The Morgan fingerprint density at radius 1 is 1.12 bits per heavy atom. The standard InChI is InChI=1S/C13H16N2O/c1-8-6-12(14-3)15-13-9(2)5-10(16-4)7-11(8)13/h5-7H,1-4H3,(H,14,15). The van der Waals surface area contributed by atoms with Crippen molar-refractivity contribution in [2.45, 2.75) is 13.8 Å². The van der Waals surface area contributed by atoms with E-state index in [4.69, 9.17) is 4.74 Å². The van der Waals surface area contributed by atoms with Crippen molar-refractivity contribution < 1.29 is 4.74 Å². The predicted molar refractivity (Wildman–Crippen MR) is 67.3 cm³/mol. The first-order valence-corrected chi connectivity index (χ1v) is 5.29. The maximum Gasteiger partial charge on any atom is 0.126 e. The summed E-state index contributed by atoms with van der Waals surface area (Å²) in [4.78, 5) is 4.56. The van der Waals surface area contributed by atoms with Crippen LogP contribution in [0.15, 0.2) is 18.2 Å². The van der Waals surface area contributed by atoms with Gasteiger partial charge in [0.25, 0.3) is 0 Å². The van der Waals surface area contributed by atoms with E-state index in [-0.39, 0.29) is 0 Å². The Hall–Kier alpha value is -1.77. The Bertz CT molecular complexity index is 486. The second kappa shape index (κ2) is 4.00. The number of rotatable bonds is 2. The van der Waals surface area contributed by atoms with Gasteiger partial charge in [-0.05, 0) is 43.2 Å². The number of nitrogens with zero attached hydrogens (tertiary/aromatic N) is 1. The van der Waals surface area contributed by atoms with Gasteiger partial charge < -0.3 is 10.1 Å². The van der Waals surface area contributed by atoms with Crippen LogP contribution in [0.5, 0.6) is 5.75 Å². The van der Waals surface area contributed by atoms with Crippen LogP contribution in [-0.2, 0) is 0 Å². The van der Waals surface area contributed by atoms with Gasteiger partial charge in [-0.3, -0.25) is 0 Å². The number of nitrogens with one attached hydrogen (secondary N) is 1. The number of anilines is 1. The molecule has 2 aromatic rings. The minimum atomic E-state index is 0.882. The fourth-order valence-electron chi connectivity index (χ4n) is 1.88. The topological polar surface area (TPSA) is 34.1 Å². The molecular formula is C13H16N2O. The molecule has 0 unspecified atom stereocenters. The van der Waals surface area contributed by atoms with E-state index in [9.17, 15) is 0 Å². The van der Waals surface area contributed by atoms with Gasteiger partial charge in [0, 0.05) is 12.4 Å². The lowest BCUT2D eigenvalue weighted by molar-refractivity contribution is 0.415. The summed E-state index contributed by atoms with van der Waals surface area (Å²) < 4.78 is 5.27. The average molecular weight is 216 g/mol. The lowest BCUT2D eigenvalue weighted by Crippen LogP contribution is -1.96. The molecule has 3 heteroatoms. The Kier molecular flexibility index (Phi) is 2.69. The van der Waals surface area contributed by atoms with Crippen LogP contribution in [0.4, 0.5) is 5.82 Å². The van der Waals surface area contributed by atoms with Crippen LogP contribution >= 0.6 is 0 Å². The van der Waals surface area contributed by atoms with E-state index >= 15 is 0 Å². The molecule has 0 spiro atoms. The zero-order chi connectivity index (χ0) is 11.7. The monoisotopic (exact) mass is 216 g/mol. The summed E-state index contributed by atoms with van der Waals surface area (Å²) in [5, 5.41) is 4.22. The molecule has 0 atom stereocenters. The predicted octanol–water partition coefficient (Wildman–Crippen LogP) is 2.90. The molecule has 84 valence electrons. The molecule has 16 heavy (non-hydrogen) atoms. The molecule has 1 aromatic heterocycles. The summed E-state index contributed by atoms with van der Waals surface area (Å²) in [6.45, 7) is 4.14. The normalized spacial score (nSPS) is 10.5. The van der Waals surface area contributed by atoms with E-state index < -0.39 is 0 Å². The van der Waals surface area contributed by atoms with Crippen molar-refractivity contribution in [3.63, 3.8) is 0 Å². The number of methoxy groups -OCH3 is 1. The van der Waals surface area contributed by atoms with Crippen molar-refractivity contribution >= 4 is 16.7 Å². The van der Waals surface area contributed by atoms with E-state index in [0.717, 1.165) is 28.0 Å². The first kappa shape index (κ1) is 10.7. The van der Waals surface area contributed by atoms with E-state index in [0.29, 0.717) is 0 Å². The highest BCUT2D eigenvalue weighted by Crippen LogP contribution is 2.27. The average Bonchev–Trinajstić information content (AvgIpc) is 2.29. The highest BCUT2D eigenvalue weighted by Gasteiger charge is 2.06. The Balaban J connectivity index is 2.78. The van der Waals surface area contributed by atoms with E-state index in [1.807, 2.05) is 25.2 Å². The van der Waals surface area contributed by atoms with Crippen LogP contribution in [0.3, 0.4) is 0 Å². The second-order valence-electron chi connectivity index (χ2n) is 3.91. The maximum atomic E-state index is 5.27. The Morgan fingerprint density at radius 2 is 1.88 bits per heavy atom. The number of benzene rings is 1. The third-order valence-electron chi connectivity index (χ3n) is 2.78. The molecule has 0 saturated carbocycles. The van der Waals surface area contributed by atoms with Gasteiger partial charge in [0.1, 0.15) is 11.6 Å². The molecule has 0 fully saturated rings. The Labute approximate surface area is 95.5 Å². The van der Waals surface area contributed by atoms with Crippen molar-refractivity contribution in [1.82, 2.24) is 4.98 Å². The zero-order valence-electron chi connectivity index (χ0n) is 10.1. The van der Waals surface area contributed by atoms with Crippen molar-refractivity contribution in [2.24, 2.45) is 0 Å². The molecule has 2 rings (SSSR count). The van der Waals surface area contributed by atoms with Crippen LogP contribution in [0, 0.1) is 13.8 Å². The number of aromatic nitrogens is 1. The lowest BCUT2D eigenvalue weighted by atomic mass is 10.1. The molecule has 1 heterocycles. The summed E-state index contributed by atoms with van der Waals surface area (Å²) in [7, 11) is 3.57. The van der Waals surface area contributed by atoms with Gasteiger partial charge in [0.2, 0.25) is 0 Å². The third kappa shape index (κ3) is 1.69. The number of hydrogen-bond acceptors (Lipinski definition) is 3. The minimum absolute atomic E-state index is 0.882. The van der Waals surface area contributed by atoms with Gasteiger partial charge in [-0.1, -0.05) is 0 Å². The SMILES string of the molecule is CNc1cc(C)c2cc(OC)cc(C)c2n1. The molecule has 0 amide bonds. The number of hydrogen-bond donors (Lipinski definition) is 1. The second-order valence-corrected chi connectivity index (χ2v) is 3.91. The van der Waals surface area contributed by atoms with Crippen LogP contribution in [0.2, 0.25) is 0 Å². The number of aryl methyl sites for hydroxylation is 2. The summed E-state index contributed by atoms with van der Waals surface area (Å²) in [5.74, 6) is 1.78. The smallest absolute Gasteiger partial charge is 0.126 e. The molecule has 3 nitrogen and oxygen atoms in total. The first-order chi connectivity index (χ1) is 7.65. The fourth-order valence-corrected chi connectivity index (χ4v) is 1.88.